The molecule has 0 fully saturated rings. The van der Waals surface area contributed by atoms with Gasteiger partial charge in [-0.25, -0.2) is 19.2 Å². The van der Waals surface area contributed by atoms with Gasteiger partial charge >= 0.3 is 24.2 Å². The molecular weight excluding hydrogens is 1840 g/mol. The van der Waals surface area contributed by atoms with E-state index in [1.54, 1.807) is 62.7 Å². The van der Waals surface area contributed by atoms with Gasteiger partial charge in [0.2, 0.25) is 5.05 Å². The van der Waals surface area contributed by atoms with Gasteiger partial charge in [0, 0.05) is 137 Å². The summed E-state index contributed by atoms with van der Waals surface area (Å²) < 4.78 is 76.8. The molecule has 734 valence electrons. The zero-order valence-electron chi connectivity index (χ0n) is 80.2. The third-order valence-electron chi connectivity index (χ3n) is 22.2. The Morgan fingerprint density at radius 3 is 1.22 bits per heavy atom. The Balaban J connectivity index is 0.000000275. The van der Waals surface area contributed by atoms with E-state index in [0.717, 1.165) is 179 Å². The van der Waals surface area contributed by atoms with E-state index in [9.17, 15) is 39.8 Å². The zero-order valence-corrected chi connectivity index (χ0v) is 84.9. The number of benzene rings is 2. The van der Waals surface area contributed by atoms with Crippen LogP contribution in [0.2, 0.25) is 0 Å². The Hall–Kier alpha value is -9.28. The lowest BCUT2D eigenvalue weighted by Crippen LogP contribution is -2.31. The van der Waals surface area contributed by atoms with Crippen molar-refractivity contribution in [3.63, 3.8) is 0 Å². The lowest BCUT2D eigenvalue weighted by atomic mass is 9.81. The van der Waals surface area contributed by atoms with Gasteiger partial charge in [-0.3, -0.25) is 4.79 Å². The van der Waals surface area contributed by atoms with Crippen molar-refractivity contribution in [3.05, 3.63) is 128 Å². The first-order valence-electron chi connectivity index (χ1n) is 45.6. The van der Waals surface area contributed by atoms with Crippen LogP contribution >= 0.6 is 69.7 Å². The number of nitrogens with one attached hydrogen (secondary N) is 4. The highest BCUT2D eigenvalue weighted by Crippen LogP contribution is 2.57. The average molecular weight is 1970 g/mol. The normalized spacial score (nSPS) is 13.3. The van der Waals surface area contributed by atoms with Crippen LogP contribution in [-0.4, -0.2) is 245 Å². The average Bonchev–Trinajstić information content (AvgIpc) is 1.57. The molecule has 0 unspecified atom stereocenters. The van der Waals surface area contributed by atoms with E-state index in [-0.39, 0.29) is 57.8 Å². The molecule has 4 aromatic heterocycles. The van der Waals surface area contributed by atoms with Gasteiger partial charge in [0.25, 0.3) is 5.91 Å². The highest BCUT2D eigenvalue weighted by molar-refractivity contribution is 7.80. The van der Waals surface area contributed by atoms with Crippen LogP contribution in [0.1, 0.15) is 190 Å². The van der Waals surface area contributed by atoms with Crippen molar-refractivity contribution in [1.82, 2.24) is 21.3 Å². The number of nitriles is 3. The van der Waals surface area contributed by atoms with Crippen LogP contribution < -0.4 is 36.0 Å². The summed E-state index contributed by atoms with van der Waals surface area (Å²) >= 11 is 25.3. The molecule has 0 atom stereocenters. The Bertz CT molecular complexity index is 4970. The van der Waals surface area contributed by atoms with E-state index >= 15 is 0 Å². The van der Waals surface area contributed by atoms with E-state index in [2.05, 4.69) is 109 Å². The number of methoxy groups -OCH3 is 2. The highest BCUT2D eigenvalue weighted by atomic mass is 35.5. The van der Waals surface area contributed by atoms with Gasteiger partial charge in [-0.05, 0) is 153 Å². The van der Waals surface area contributed by atoms with Gasteiger partial charge < -0.3 is 102 Å². The number of thiocarbonyl (C=S) groups is 1. The number of thiophene rings is 2. The molecule has 0 saturated carbocycles. The molecule has 9 rings (SSSR count). The number of hydrogen-bond donors (Lipinski definition) is 4. The monoisotopic (exact) mass is 1970 g/mol. The number of fused-ring (bicyclic) bond motifs is 9. The maximum absolute atomic E-state index is 12.5. The fourth-order valence-electron chi connectivity index (χ4n) is 14.6. The number of likely N-dealkylation sites (N-methyl/N-ethyl adjacent to an activating group) is 3. The third-order valence-corrected chi connectivity index (χ3v) is 25.9. The number of carbonyl (C=O) groups is 5. The minimum absolute atomic E-state index is 0.0370. The summed E-state index contributed by atoms with van der Waals surface area (Å²) in [5.41, 5.74) is 9.32. The molecule has 3 aliphatic rings. The zero-order chi connectivity index (χ0) is 97.6. The number of esters is 1. The number of alkyl halides is 3. The fraction of sp³-hybridized carbons (Fsp3) is 0.566. The summed E-state index contributed by atoms with van der Waals surface area (Å²) in [5, 5.41) is 41.5. The Kier molecular flexibility index (Phi) is 48.6. The molecule has 6 aromatic rings. The first-order chi connectivity index (χ1) is 64.3. The summed E-state index contributed by atoms with van der Waals surface area (Å²) in [4.78, 5) is 69.4. The predicted octanol–water partition coefficient (Wildman–Crippen LogP) is 19.1. The van der Waals surface area contributed by atoms with E-state index in [1.807, 2.05) is 68.5 Å². The number of alkyl carbamates (subject to hydrolysis) is 3. The summed E-state index contributed by atoms with van der Waals surface area (Å²) in [7, 11) is 8.86. The smallest absolute Gasteiger partial charge is 0.407 e. The van der Waals surface area contributed by atoms with Crippen molar-refractivity contribution in [2.75, 3.05) is 219 Å². The molecule has 29 nitrogen and oxygen atoms in total. The van der Waals surface area contributed by atoms with E-state index < -0.39 is 35.8 Å². The topological polar surface area (TPSA) is 352 Å². The van der Waals surface area contributed by atoms with Crippen LogP contribution in [0, 0.1) is 34.0 Å². The number of nitrogens with zero attached hydrogens (tertiary/aromatic N) is 6. The van der Waals surface area contributed by atoms with Crippen molar-refractivity contribution in [1.29, 1.82) is 15.8 Å². The predicted molar refractivity (Wildman–Crippen MR) is 534 cm³/mol. The van der Waals surface area contributed by atoms with E-state index in [1.165, 1.54) is 24.3 Å². The minimum Gasteiger partial charge on any atom is -0.486 e. The number of halogens is 3. The number of unbranched alkanes of at least 4 members (excludes halogenated alkanes) is 9. The molecular formula is C99H135Cl3N10O19S3. The van der Waals surface area contributed by atoms with Crippen molar-refractivity contribution in [3.8, 4) is 50.6 Å². The SMILES string of the molecule is CN(CCOC(=O)NCCOCCOCCCCCCCl)c1ccc2c(c1)C(C)(C)c1cc(/C=C(/C#N)C(=O)OC(C)(C)C)ccc1-2.COC(=S)/C(C#N)=C/c1cc2c(o1)-c1sc(N(C)CCOC(=O)NCCOCCOCCCCCCCl)cc1C2(C)C.COCCNC(=O)/C(C#N)=C/c1cc2c(o1)-c1sc(N(C)CCOC(=O)NCCOCCOCCCCCCCl)cc1C2(C)C. The second-order valence-corrected chi connectivity index (χ2v) is 38.1. The largest absolute Gasteiger partial charge is 0.486 e. The van der Waals surface area contributed by atoms with Crippen LogP contribution in [-0.2, 0) is 82.7 Å². The Morgan fingerprint density at radius 1 is 0.440 bits per heavy atom. The number of amides is 4. The van der Waals surface area contributed by atoms with Gasteiger partial charge in [-0.1, -0.05) is 104 Å². The second kappa shape index (κ2) is 58.3. The van der Waals surface area contributed by atoms with Crippen molar-refractivity contribution >= 4 is 139 Å². The lowest BCUT2D eigenvalue weighted by molar-refractivity contribution is -0.149. The van der Waals surface area contributed by atoms with Crippen molar-refractivity contribution in [2.24, 2.45) is 0 Å². The summed E-state index contributed by atoms with van der Waals surface area (Å²) in [6.07, 6.45) is 16.3. The third kappa shape index (κ3) is 35.4. The molecule has 35 heteroatoms. The molecule has 3 aliphatic carbocycles. The summed E-state index contributed by atoms with van der Waals surface area (Å²) in [6.45, 7) is 28.7. The molecule has 0 spiro atoms. The van der Waals surface area contributed by atoms with Gasteiger partial charge in [0.15, 0.2) is 0 Å². The number of rotatable bonds is 57. The van der Waals surface area contributed by atoms with Gasteiger partial charge in [0.1, 0.15) is 83.4 Å². The first-order valence-corrected chi connectivity index (χ1v) is 49.3. The Labute approximate surface area is 819 Å². The van der Waals surface area contributed by atoms with Gasteiger partial charge in [0.05, 0.1) is 113 Å². The van der Waals surface area contributed by atoms with E-state index in [0.29, 0.717) is 135 Å². The minimum atomic E-state index is -0.687. The number of furan rings is 2. The van der Waals surface area contributed by atoms with Crippen LogP contribution in [0.3, 0.4) is 0 Å². The second-order valence-electron chi connectivity index (χ2n) is 34.5. The number of ether oxygens (including phenoxy) is 12. The maximum atomic E-state index is 12.5. The molecule has 4 N–H and O–H groups in total. The van der Waals surface area contributed by atoms with Crippen LogP contribution in [0.5, 0.6) is 0 Å². The lowest BCUT2D eigenvalue weighted by Gasteiger charge is -2.25. The van der Waals surface area contributed by atoms with Crippen molar-refractivity contribution < 1.29 is 89.6 Å². The van der Waals surface area contributed by atoms with Crippen LogP contribution in [0.15, 0.2) is 86.2 Å². The molecule has 4 amide bonds. The molecule has 2 aromatic carbocycles. The fourth-order valence-corrected chi connectivity index (χ4v) is 17.9. The summed E-state index contributed by atoms with van der Waals surface area (Å²) in [5.74, 6) is 3.58. The Morgan fingerprint density at radius 2 is 0.821 bits per heavy atom. The number of carbonyl (C=O) groups excluding carboxylic acids is 5. The van der Waals surface area contributed by atoms with E-state index in [4.69, 9.17) is 113 Å². The quantitative estimate of drug-likeness (QED) is 0.00524. The standard InChI is InChI=1S/C37H50ClN3O6.C32H45ClN4O7S.C30H40ClN3O6S2/c1-36(2,3)47-34(42)28(26-39)23-27-11-13-30-31-14-12-29(25-33(31)37(4,5)32(30)24-27)41(6)17-20-46-35(43)40-16-19-45-22-21-44-18-10-8-7-9-15-38;1-32(2)25-20-24(19-23(22-34)30(38)35-10-14-40-4)44-28(25)29-26(32)21-27(45-29)37(3)12-16-43-31(39)36-11-15-42-18-17-41-13-8-6-5-7-9-33;1-30(2)23-18-22(17-21(20-32)28(41)36-4)40-26(23)27-24(30)19-25(42-27)34(3)11-14-39-29(35)33-10-13-38-16-15-37-12-8-6-5-7-9-31/h11-14,23-25H,7-10,15-22H2,1-6H3,(H,40,43);19-21H,5-18H2,1-4H3,(H,35,38)(H,36,39);17-19H,5-16H2,1-4H3,(H,33,35)/b28-23-;23-19+;21-17+. The van der Waals surface area contributed by atoms with Crippen LogP contribution in [0.25, 0.3) is 50.6 Å². The van der Waals surface area contributed by atoms with Gasteiger partial charge in [-0.15, -0.1) is 57.5 Å². The van der Waals surface area contributed by atoms with Crippen LogP contribution in [0.4, 0.5) is 30.1 Å². The molecule has 0 radical (unpaired) electrons. The molecule has 0 aliphatic heterocycles. The molecule has 0 bridgehead atoms. The molecule has 134 heavy (non-hydrogen) atoms. The first kappa shape index (κ1) is 112. The molecule has 0 saturated heterocycles. The highest BCUT2D eigenvalue weighted by Gasteiger charge is 2.43. The molecule has 4 heterocycles. The number of anilines is 3. The van der Waals surface area contributed by atoms with Crippen molar-refractivity contribution in [2.45, 2.75) is 161 Å². The number of hydrogen-bond acceptors (Lipinski definition) is 28. The van der Waals surface area contributed by atoms with Gasteiger partial charge in [-0.2, -0.15) is 15.8 Å². The maximum Gasteiger partial charge on any atom is 0.407 e. The summed E-state index contributed by atoms with van der Waals surface area (Å²) in [6, 6.07) is 26.5.